The Morgan fingerprint density at radius 1 is 1.17 bits per heavy atom. The van der Waals surface area contributed by atoms with Crippen LogP contribution in [0.2, 0.25) is 0 Å². The van der Waals surface area contributed by atoms with Crippen molar-refractivity contribution in [1.82, 2.24) is 24.0 Å². The van der Waals surface area contributed by atoms with Gasteiger partial charge in [-0.15, -0.1) is 0 Å². The Morgan fingerprint density at radius 2 is 1.90 bits per heavy atom. The first-order valence-corrected chi connectivity index (χ1v) is 9.57. The van der Waals surface area contributed by atoms with Crippen LogP contribution in [0.4, 0.5) is 0 Å². The van der Waals surface area contributed by atoms with Crippen LogP contribution in [-0.2, 0) is 20.6 Å². The molecule has 0 amide bonds. The number of hydrogen-bond acceptors (Lipinski definition) is 6. The summed E-state index contributed by atoms with van der Waals surface area (Å²) >= 11 is 0. The van der Waals surface area contributed by atoms with Crippen LogP contribution >= 0.6 is 0 Å². The van der Waals surface area contributed by atoms with Gasteiger partial charge in [0.05, 0.1) is 6.33 Å². The standard InChI is InChI=1S/C20H27N5O4/c1-14-5-7-16(8-6-14)29-12-15(26)11-21-9-4-10-25-13-22-18-17(25)19(27)24(3)20(28)23(18)2/h5-8,13,15,21,26H,4,9-12H2,1-3H3. The zero-order valence-corrected chi connectivity index (χ0v) is 17.0. The molecule has 1 aromatic carbocycles. The van der Waals surface area contributed by atoms with Gasteiger partial charge in [-0.3, -0.25) is 13.9 Å². The number of rotatable bonds is 9. The van der Waals surface area contributed by atoms with Crippen LogP contribution in [0, 0.1) is 6.92 Å². The van der Waals surface area contributed by atoms with E-state index in [2.05, 4.69) is 10.3 Å². The molecule has 0 radical (unpaired) electrons. The molecule has 3 aromatic rings. The van der Waals surface area contributed by atoms with E-state index in [1.807, 2.05) is 31.2 Å². The van der Waals surface area contributed by atoms with Gasteiger partial charge >= 0.3 is 5.69 Å². The van der Waals surface area contributed by atoms with Gasteiger partial charge in [0.25, 0.3) is 5.56 Å². The third-order valence-electron chi connectivity index (χ3n) is 4.81. The Morgan fingerprint density at radius 3 is 2.62 bits per heavy atom. The molecular weight excluding hydrogens is 374 g/mol. The molecular formula is C20H27N5O4. The second-order valence-corrected chi connectivity index (χ2v) is 7.15. The molecule has 0 aliphatic rings. The largest absolute Gasteiger partial charge is 0.491 e. The summed E-state index contributed by atoms with van der Waals surface area (Å²) < 4.78 is 9.78. The predicted octanol–water partition coefficient (Wildman–Crippen LogP) is 0.162. The molecule has 1 unspecified atom stereocenters. The first-order valence-electron chi connectivity index (χ1n) is 9.57. The van der Waals surface area contributed by atoms with Crippen LogP contribution in [-0.4, -0.2) is 49.6 Å². The van der Waals surface area contributed by atoms with Gasteiger partial charge in [-0.2, -0.15) is 0 Å². The summed E-state index contributed by atoms with van der Waals surface area (Å²) in [6.45, 7) is 3.87. The maximum atomic E-state index is 12.4. The molecule has 0 saturated heterocycles. The Labute approximate surface area is 168 Å². The lowest BCUT2D eigenvalue weighted by molar-refractivity contribution is 0.106. The molecule has 2 N–H and O–H groups in total. The van der Waals surface area contributed by atoms with Crippen LogP contribution in [0.25, 0.3) is 11.2 Å². The summed E-state index contributed by atoms with van der Waals surface area (Å²) in [5.41, 5.74) is 1.22. The molecule has 29 heavy (non-hydrogen) atoms. The van der Waals surface area contributed by atoms with Crippen molar-refractivity contribution in [3.63, 3.8) is 0 Å². The molecule has 0 aliphatic heterocycles. The van der Waals surface area contributed by atoms with E-state index in [0.29, 0.717) is 30.8 Å². The highest BCUT2D eigenvalue weighted by atomic mass is 16.5. The highest BCUT2D eigenvalue weighted by Crippen LogP contribution is 2.11. The number of aromatic nitrogens is 4. The number of imidazole rings is 1. The van der Waals surface area contributed by atoms with Crippen LogP contribution < -0.4 is 21.3 Å². The van der Waals surface area contributed by atoms with Crippen molar-refractivity contribution >= 4 is 11.2 Å². The van der Waals surface area contributed by atoms with Crippen molar-refractivity contribution in [2.75, 3.05) is 19.7 Å². The molecule has 156 valence electrons. The zero-order chi connectivity index (χ0) is 21.0. The number of fused-ring (bicyclic) bond motifs is 1. The Kier molecular flexibility index (Phi) is 6.50. The molecule has 0 fully saturated rings. The number of nitrogens with one attached hydrogen (secondary N) is 1. The van der Waals surface area contributed by atoms with E-state index in [1.54, 1.807) is 17.9 Å². The fourth-order valence-electron chi connectivity index (χ4n) is 3.10. The fourth-order valence-corrected chi connectivity index (χ4v) is 3.10. The average molecular weight is 401 g/mol. The molecule has 9 nitrogen and oxygen atoms in total. The zero-order valence-electron chi connectivity index (χ0n) is 17.0. The van der Waals surface area contributed by atoms with Crippen molar-refractivity contribution in [1.29, 1.82) is 0 Å². The maximum absolute atomic E-state index is 12.4. The summed E-state index contributed by atoms with van der Waals surface area (Å²) in [6, 6.07) is 7.69. The van der Waals surface area contributed by atoms with Gasteiger partial charge in [0.1, 0.15) is 18.5 Å². The third-order valence-corrected chi connectivity index (χ3v) is 4.81. The Balaban J connectivity index is 1.45. The number of aliphatic hydroxyl groups excluding tert-OH is 1. The van der Waals surface area contributed by atoms with E-state index >= 15 is 0 Å². The van der Waals surface area contributed by atoms with Crippen molar-refractivity contribution in [2.45, 2.75) is 26.0 Å². The molecule has 9 heteroatoms. The van der Waals surface area contributed by atoms with Gasteiger partial charge < -0.3 is 19.7 Å². The highest BCUT2D eigenvalue weighted by molar-refractivity contribution is 5.69. The van der Waals surface area contributed by atoms with Gasteiger partial charge in [0, 0.05) is 27.2 Å². The lowest BCUT2D eigenvalue weighted by Crippen LogP contribution is -2.37. The highest BCUT2D eigenvalue weighted by Gasteiger charge is 2.14. The van der Waals surface area contributed by atoms with E-state index in [1.165, 1.54) is 11.6 Å². The molecule has 3 rings (SSSR count). The van der Waals surface area contributed by atoms with Crippen LogP contribution in [0.15, 0.2) is 40.2 Å². The molecule has 0 aliphatic carbocycles. The predicted molar refractivity (Wildman–Crippen MR) is 110 cm³/mol. The molecule has 0 saturated carbocycles. The Hall–Kier alpha value is -2.91. The SMILES string of the molecule is Cc1ccc(OCC(O)CNCCCn2cnc3c2c(=O)n(C)c(=O)n3C)cc1. The number of aliphatic hydroxyl groups is 1. The van der Waals surface area contributed by atoms with Gasteiger partial charge in [0.2, 0.25) is 0 Å². The second-order valence-electron chi connectivity index (χ2n) is 7.15. The summed E-state index contributed by atoms with van der Waals surface area (Å²) in [5, 5.41) is 13.2. The van der Waals surface area contributed by atoms with Gasteiger partial charge in [-0.25, -0.2) is 9.78 Å². The van der Waals surface area contributed by atoms with Crippen molar-refractivity contribution in [2.24, 2.45) is 14.1 Å². The van der Waals surface area contributed by atoms with Crippen LogP contribution in [0.1, 0.15) is 12.0 Å². The number of hydrogen-bond donors (Lipinski definition) is 2. The molecule has 0 bridgehead atoms. The number of nitrogens with zero attached hydrogens (tertiary/aromatic N) is 4. The minimum atomic E-state index is -0.618. The van der Waals surface area contributed by atoms with Crippen LogP contribution in [0.5, 0.6) is 5.75 Å². The quantitative estimate of drug-likeness (QED) is 0.495. The second kappa shape index (κ2) is 9.06. The van der Waals surface area contributed by atoms with E-state index < -0.39 is 11.8 Å². The number of ether oxygens (including phenoxy) is 1. The van der Waals surface area contributed by atoms with Crippen LogP contribution in [0.3, 0.4) is 0 Å². The molecule has 1 atom stereocenters. The number of aryl methyl sites for hydroxylation is 3. The monoisotopic (exact) mass is 401 g/mol. The topological polar surface area (TPSA) is 103 Å². The Bertz CT molecular complexity index is 1080. The fraction of sp³-hybridized carbons (Fsp3) is 0.450. The first-order chi connectivity index (χ1) is 13.9. The van der Waals surface area contributed by atoms with Gasteiger partial charge in [0.15, 0.2) is 11.2 Å². The molecule has 2 heterocycles. The van der Waals surface area contributed by atoms with Crippen molar-refractivity contribution in [3.05, 3.63) is 57.0 Å². The molecule has 0 spiro atoms. The van der Waals surface area contributed by atoms with E-state index in [9.17, 15) is 14.7 Å². The summed E-state index contributed by atoms with van der Waals surface area (Å²) in [7, 11) is 3.06. The maximum Gasteiger partial charge on any atom is 0.332 e. The lowest BCUT2D eigenvalue weighted by atomic mass is 10.2. The smallest absolute Gasteiger partial charge is 0.332 e. The minimum absolute atomic E-state index is 0.215. The summed E-state index contributed by atoms with van der Waals surface area (Å²) in [4.78, 5) is 28.6. The minimum Gasteiger partial charge on any atom is -0.491 e. The average Bonchev–Trinajstić information content (AvgIpc) is 3.14. The normalized spacial score (nSPS) is 12.4. The van der Waals surface area contributed by atoms with Crippen molar-refractivity contribution < 1.29 is 9.84 Å². The van der Waals surface area contributed by atoms with E-state index in [-0.39, 0.29) is 12.2 Å². The third kappa shape index (κ3) is 4.75. The summed E-state index contributed by atoms with van der Waals surface area (Å²) in [6.07, 6.45) is 1.70. The first kappa shape index (κ1) is 20.8. The van der Waals surface area contributed by atoms with E-state index in [4.69, 9.17) is 4.74 Å². The van der Waals surface area contributed by atoms with Gasteiger partial charge in [-0.1, -0.05) is 17.7 Å². The lowest BCUT2D eigenvalue weighted by Gasteiger charge is -2.13. The van der Waals surface area contributed by atoms with E-state index in [0.717, 1.165) is 22.3 Å². The number of benzene rings is 1. The molecule has 2 aromatic heterocycles. The van der Waals surface area contributed by atoms with Crippen molar-refractivity contribution in [3.8, 4) is 5.75 Å². The summed E-state index contributed by atoms with van der Waals surface area (Å²) in [5.74, 6) is 0.734. The van der Waals surface area contributed by atoms with Gasteiger partial charge in [-0.05, 0) is 32.0 Å².